The smallest absolute Gasteiger partial charge is 0.257 e. The van der Waals surface area contributed by atoms with Crippen molar-refractivity contribution in [3.8, 4) is 17.3 Å². The Hall–Kier alpha value is -3.93. The lowest BCUT2D eigenvalue weighted by atomic mass is 9.81. The molecule has 2 aliphatic rings. The molecule has 6 nitrogen and oxygen atoms in total. The summed E-state index contributed by atoms with van der Waals surface area (Å²) in [4.78, 5) is 23.1. The third-order valence-electron chi connectivity index (χ3n) is 7.28. The Morgan fingerprint density at radius 2 is 1.81 bits per heavy atom. The number of hydrogen-bond acceptors (Lipinski definition) is 5. The summed E-state index contributed by atoms with van der Waals surface area (Å²) in [5.41, 5.74) is 6.32. The minimum Gasteiger partial charge on any atom is -0.493 e. The fourth-order valence-corrected chi connectivity index (χ4v) is 5.80. The molecule has 2 aromatic carbocycles. The first kappa shape index (κ1) is 23.5. The maximum Gasteiger partial charge on any atom is 0.257 e. The van der Waals surface area contributed by atoms with Crippen LogP contribution in [0, 0.1) is 6.92 Å². The topological polar surface area (TPSA) is 65.7 Å². The highest BCUT2D eigenvalue weighted by Crippen LogP contribution is 2.47. The number of nitrogens with zero attached hydrogens (tertiary/aromatic N) is 3. The van der Waals surface area contributed by atoms with Gasteiger partial charge in [-0.3, -0.25) is 14.4 Å². The largest absolute Gasteiger partial charge is 0.493 e. The van der Waals surface area contributed by atoms with Crippen molar-refractivity contribution in [2.45, 2.75) is 58.6 Å². The molecule has 0 fully saturated rings. The number of benzene rings is 2. The zero-order valence-electron chi connectivity index (χ0n) is 22.2. The Labute approximate surface area is 216 Å². The van der Waals surface area contributed by atoms with Crippen molar-refractivity contribution in [3.63, 3.8) is 0 Å². The molecule has 0 radical (unpaired) electrons. The molecule has 6 rings (SSSR count). The Bertz CT molecular complexity index is 1680. The van der Waals surface area contributed by atoms with Crippen LogP contribution in [0.1, 0.15) is 55.5 Å². The first-order valence-electron chi connectivity index (χ1n) is 12.7. The second-order valence-corrected chi connectivity index (χ2v) is 11.3. The number of aromatic nitrogens is 2. The number of pyridine rings is 2. The van der Waals surface area contributed by atoms with Crippen molar-refractivity contribution in [1.29, 1.82) is 0 Å². The summed E-state index contributed by atoms with van der Waals surface area (Å²) in [5.74, 6) is 2.14. The van der Waals surface area contributed by atoms with Crippen LogP contribution in [-0.2, 0) is 12.8 Å². The van der Waals surface area contributed by atoms with Crippen molar-refractivity contribution >= 4 is 16.6 Å². The zero-order valence-corrected chi connectivity index (χ0v) is 22.2. The molecule has 2 aliphatic heterocycles. The van der Waals surface area contributed by atoms with Gasteiger partial charge in [0, 0.05) is 40.8 Å². The molecule has 6 heteroatoms. The van der Waals surface area contributed by atoms with Crippen molar-refractivity contribution < 1.29 is 9.47 Å². The van der Waals surface area contributed by atoms with Gasteiger partial charge in [0.25, 0.3) is 5.56 Å². The number of aliphatic imine (C=N–C) groups is 1. The fourth-order valence-electron chi connectivity index (χ4n) is 5.80. The third kappa shape index (κ3) is 3.82. The molecular formula is C31H31N3O3. The first-order valence-corrected chi connectivity index (χ1v) is 12.7. The molecule has 0 N–H and O–H groups in total. The average molecular weight is 494 g/mol. The van der Waals surface area contributed by atoms with E-state index < -0.39 is 0 Å². The predicted octanol–water partition coefficient (Wildman–Crippen LogP) is 5.59. The summed E-state index contributed by atoms with van der Waals surface area (Å²) in [7, 11) is 1.69. The minimum atomic E-state index is -0.333. The lowest BCUT2D eigenvalue weighted by Gasteiger charge is -2.31. The Morgan fingerprint density at radius 1 is 1.03 bits per heavy atom. The number of ether oxygens (including phenoxy) is 2. The Kier molecular flexibility index (Phi) is 5.10. The molecule has 188 valence electrons. The van der Waals surface area contributed by atoms with Gasteiger partial charge >= 0.3 is 0 Å². The minimum absolute atomic E-state index is 0.104. The monoisotopic (exact) mass is 493 g/mol. The number of para-hydroxylation sites is 1. The van der Waals surface area contributed by atoms with Gasteiger partial charge in [-0.2, -0.15) is 0 Å². The Balaban J connectivity index is 1.58. The maximum absolute atomic E-state index is 13.2. The van der Waals surface area contributed by atoms with E-state index >= 15 is 0 Å². The van der Waals surface area contributed by atoms with Crippen molar-refractivity contribution in [3.05, 3.63) is 92.9 Å². The van der Waals surface area contributed by atoms with Gasteiger partial charge in [0.15, 0.2) is 11.5 Å². The van der Waals surface area contributed by atoms with E-state index in [4.69, 9.17) is 14.5 Å². The standard InChI is InChI=1S/C31H31N3O3/c1-18-13-26(35)34(23-10-8-7-9-21(18)23)25-15-19(11-12-32-25)28-27-20(16-30(2,3)33-28)14-24(36-6)29-22(27)17-31(4,5)37-29/h7-15H,16-17H2,1-6H3. The van der Waals surface area contributed by atoms with Crippen LogP contribution in [0.3, 0.4) is 0 Å². The van der Waals surface area contributed by atoms with Crippen LogP contribution in [-0.4, -0.2) is 33.5 Å². The zero-order chi connectivity index (χ0) is 26.1. The van der Waals surface area contributed by atoms with Crippen molar-refractivity contribution in [2.24, 2.45) is 4.99 Å². The van der Waals surface area contributed by atoms with Gasteiger partial charge in [0.1, 0.15) is 11.4 Å². The number of rotatable bonds is 3. The van der Waals surface area contributed by atoms with Crippen LogP contribution in [0.25, 0.3) is 16.7 Å². The van der Waals surface area contributed by atoms with Crippen LogP contribution in [0.2, 0.25) is 0 Å². The van der Waals surface area contributed by atoms with E-state index in [0.29, 0.717) is 5.82 Å². The molecule has 0 unspecified atom stereocenters. The van der Waals surface area contributed by atoms with E-state index in [1.54, 1.807) is 23.9 Å². The SMILES string of the molecule is COc1cc2c(c3c1OC(C)(C)C3)C(c1ccnc(-n3c(=O)cc(C)c4ccccc43)c1)=NC(C)(C)C2. The van der Waals surface area contributed by atoms with Crippen LogP contribution in [0.15, 0.2) is 64.5 Å². The molecule has 0 amide bonds. The van der Waals surface area contributed by atoms with Crippen molar-refractivity contribution in [1.82, 2.24) is 9.55 Å². The quantitative estimate of drug-likeness (QED) is 0.373. The van der Waals surface area contributed by atoms with E-state index in [0.717, 1.165) is 63.2 Å². The van der Waals surface area contributed by atoms with E-state index in [1.807, 2.05) is 43.3 Å². The number of aryl methyl sites for hydroxylation is 1. The van der Waals surface area contributed by atoms with E-state index in [-0.39, 0.29) is 16.7 Å². The number of methoxy groups -OCH3 is 1. The third-order valence-corrected chi connectivity index (χ3v) is 7.28. The molecule has 0 spiro atoms. The molecule has 2 aromatic heterocycles. The van der Waals surface area contributed by atoms with Crippen LogP contribution in [0.5, 0.6) is 11.5 Å². The highest BCUT2D eigenvalue weighted by molar-refractivity contribution is 6.16. The van der Waals surface area contributed by atoms with Gasteiger partial charge in [0.2, 0.25) is 0 Å². The number of fused-ring (bicyclic) bond motifs is 4. The number of hydrogen-bond donors (Lipinski definition) is 0. The molecule has 4 heterocycles. The normalized spacial score (nSPS) is 17.1. The average Bonchev–Trinajstić information content (AvgIpc) is 3.17. The molecule has 4 aromatic rings. The summed E-state index contributed by atoms with van der Waals surface area (Å²) >= 11 is 0. The fraction of sp³-hybridized carbons (Fsp3) is 0.323. The van der Waals surface area contributed by atoms with Crippen LogP contribution < -0.4 is 15.0 Å². The lowest BCUT2D eigenvalue weighted by Crippen LogP contribution is -2.31. The summed E-state index contributed by atoms with van der Waals surface area (Å²) in [6.45, 7) is 10.5. The molecule has 37 heavy (non-hydrogen) atoms. The summed E-state index contributed by atoms with van der Waals surface area (Å²) in [5, 5.41) is 1.03. The molecule has 0 saturated carbocycles. The molecule has 0 aliphatic carbocycles. The predicted molar refractivity (Wildman–Crippen MR) is 147 cm³/mol. The first-order chi connectivity index (χ1) is 17.6. The van der Waals surface area contributed by atoms with Crippen LogP contribution >= 0.6 is 0 Å². The van der Waals surface area contributed by atoms with E-state index in [2.05, 4.69) is 38.7 Å². The summed E-state index contributed by atoms with van der Waals surface area (Å²) in [6, 6.07) is 15.7. The van der Waals surface area contributed by atoms with E-state index in [1.165, 1.54) is 5.56 Å². The van der Waals surface area contributed by atoms with Gasteiger partial charge in [-0.25, -0.2) is 4.98 Å². The maximum atomic E-state index is 13.2. The summed E-state index contributed by atoms with van der Waals surface area (Å²) < 4.78 is 13.8. The second kappa shape index (κ2) is 8.04. The van der Waals surface area contributed by atoms with E-state index in [9.17, 15) is 4.79 Å². The van der Waals surface area contributed by atoms with Gasteiger partial charge in [-0.1, -0.05) is 18.2 Å². The van der Waals surface area contributed by atoms with Crippen LogP contribution in [0.4, 0.5) is 0 Å². The molecular weight excluding hydrogens is 462 g/mol. The molecule has 0 bridgehead atoms. The highest BCUT2D eigenvalue weighted by Gasteiger charge is 2.39. The summed E-state index contributed by atoms with van der Waals surface area (Å²) in [6.07, 6.45) is 3.33. The van der Waals surface area contributed by atoms with Gasteiger partial charge < -0.3 is 9.47 Å². The molecule has 0 saturated heterocycles. The van der Waals surface area contributed by atoms with Gasteiger partial charge in [-0.05, 0) is 76.4 Å². The van der Waals surface area contributed by atoms with Gasteiger partial charge in [0.05, 0.1) is 23.9 Å². The van der Waals surface area contributed by atoms with Crippen molar-refractivity contribution in [2.75, 3.05) is 7.11 Å². The Morgan fingerprint density at radius 3 is 2.59 bits per heavy atom. The molecule has 0 atom stereocenters. The van der Waals surface area contributed by atoms with Gasteiger partial charge in [-0.15, -0.1) is 0 Å². The lowest BCUT2D eigenvalue weighted by molar-refractivity contribution is 0.134. The second-order valence-electron chi connectivity index (χ2n) is 11.3. The highest BCUT2D eigenvalue weighted by atomic mass is 16.5.